The van der Waals surface area contributed by atoms with E-state index in [4.69, 9.17) is 10.4 Å². The third-order valence-electron chi connectivity index (χ3n) is 2.70. The van der Waals surface area contributed by atoms with E-state index in [-0.39, 0.29) is 5.56 Å². The van der Waals surface area contributed by atoms with Crippen molar-refractivity contribution in [1.82, 2.24) is 4.98 Å². The number of pyridine rings is 1. The number of benzene rings is 1. The van der Waals surface area contributed by atoms with Gasteiger partial charge >= 0.3 is 5.97 Å². The highest BCUT2D eigenvalue weighted by Gasteiger charge is 2.09. The van der Waals surface area contributed by atoms with E-state index in [0.29, 0.717) is 11.4 Å². The lowest BCUT2D eigenvalue weighted by Gasteiger charge is -2.18. The van der Waals surface area contributed by atoms with E-state index >= 15 is 0 Å². The first-order chi connectivity index (χ1) is 9.11. The molecule has 0 radical (unpaired) electrons. The SMILES string of the molecule is CN(c1cccc(C#N)c1)c1cc(C(=O)O)ccn1. The van der Waals surface area contributed by atoms with E-state index in [9.17, 15) is 4.79 Å². The second-order valence-corrected chi connectivity index (χ2v) is 3.93. The Morgan fingerprint density at radius 1 is 1.37 bits per heavy atom. The maximum atomic E-state index is 10.9. The van der Waals surface area contributed by atoms with Crippen LogP contribution in [0.2, 0.25) is 0 Å². The number of carbonyl (C=O) groups is 1. The Morgan fingerprint density at radius 3 is 2.84 bits per heavy atom. The van der Waals surface area contributed by atoms with Crippen molar-refractivity contribution >= 4 is 17.5 Å². The van der Waals surface area contributed by atoms with Crippen LogP contribution in [0.4, 0.5) is 11.5 Å². The van der Waals surface area contributed by atoms with Gasteiger partial charge in [-0.3, -0.25) is 0 Å². The summed E-state index contributed by atoms with van der Waals surface area (Å²) in [5, 5.41) is 17.8. The molecule has 5 nitrogen and oxygen atoms in total. The van der Waals surface area contributed by atoms with Crippen LogP contribution in [0.3, 0.4) is 0 Å². The first-order valence-electron chi connectivity index (χ1n) is 5.55. The molecule has 0 saturated heterocycles. The van der Waals surface area contributed by atoms with Crippen molar-refractivity contribution in [1.29, 1.82) is 5.26 Å². The molecule has 2 aromatic rings. The van der Waals surface area contributed by atoms with Crippen molar-refractivity contribution in [2.24, 2.45) is 0 Å². The summed E-state index contributed by atoms with van der Waals surface area (Å²) in [5.41, 5.74) is 1.49. The van der Waals surface area contributed by atoms with Crippen molar-refractivity contribution in [3.8, 4) is 6.07 Å². The highest BCUT2D eigenvalue weighted by Crippen LogP contribution is 2.22. The molecule has 94 valence electrons. The maximum absolute atomic E-state index is 10.9. The van der Waals surface area contributed by atoms with Gasteiger partial charge in [0, 0.05) is 18.9 Å². The summed E-state index contributed by atoms with van der Waals surface area (Å²) in [7, 11) is 1.77. The Labute approximate surface area is 110 Å². The van der Waals surface area contributed by atoms with Gasteiger partial charge in [-0.05, 0) is 30.3 Å². The average molecular weight is 253 g/mol. The predicted octanol–water partition coefficient (Wildman–Crippen LogP) is 2.42. The lowest BCUT2D eigenvalue weighted by molar-refractivity contribution is 0.0697. The molecule has 1 aromatic heterocycles. The first kappa shape index (κ1) is 12.6. The number of carboxylic acids is 1. The normalized spacial score (nSPS) is 9.68. The summed E-state index contributed by atoms with van der Waals surface area (Å²) in [4.78, 5) is 16.8. The first-order valence-corrected chi connectivity index (χ1v) is 5.55. The van der Waals surface area contributed by atoms with Crippen molar-refractivity contribution in [2.75, 3.05) is 11.9 Å². The monoisotopic (exact) mass is 253 g/mol. The van der Waals surface area contributed by atoms with Gasteiger partial charge in [0.25, 0.3) is 0 Å². The van der Waals surface area contributed by atoms with Crippen LogP contribution in [0.5, 0.6) is 0 Å². The third-order valence-corrected chi connectivity index (χ3v) is 2.70. The molecule has 5 heteroatoms. The molecule has 0 bridgehead atoms. The number of aromatic carboxylic acids is 1. The standard InChI is InChI=1S/C14H11N3O2/c1-17(12-4-2-3-10(7-12)9-15)13-8-11(14(18)19)5-6-16-13/h2-8H,1H3,(H,18,19). The van der Waals surface area contributed by atoms with Crippen LogP contribution in [0, 0.1) is 11.3 Å². The van der Waals surface area contributed by atoms with Crippen LogP contribution in [0.25, 0.3) is 0 Å². The minimum absolute atomic E-state index is 0.174. The molecule has 1 aromatic carbocycles. The molecule has 0 amide bonds. The number of anilines is 2. The summed E-state index contributed by atoms with van der Waals surface area (Å²) in [6.07, 6.45) is 1.45. The number of carboxylic acid groups (broad SMARTS) is 1. The molecule has 0 aliphatic rings. The summed E-state index contributed by atoms with van der Waals surface area (Å²) in [6, 6.07) is 12.0. The lowest BCUT2D eigenvalue weighted by atomic mass is 10.2. The molecule has 0 spiro atoms. The molecule has 0 unspecified atom stereocenters. The smallest absolute Gasteiger partial charge is 0.335 e. The van der Waals surface area contributed by atoms with Crippen molar-refractivity contribution < 1.29 is 9.90 Å². The molecule has 19 heavy (non-hydrogen) atoms. The number of nitrogens with zero attached hydrogens (tertiary/aromatic N) is 3. The second kappa shape index (κ2) is 5.19. The number of hydrogen-bond donors (Lipinski definition) is 1. The highest BCUT2D eigenvalue weighted by molar-refractivity contribution is 5.88. The van der Waals surface area contributed by atoms with Gasteiger partial charge in [0.1, 0.15) is 5.82 Å². The molecule has 0 saturated carbocycles. The van der Waals surface area contributed by atoms with Crippen molar-refractivity contribution in [3.05, 3.63) is 53.7 Å². The Morgan fingerprint density at radius 2 is 2.16 bits per heavy atom. The predicted molar refractivity (Wildman–Crippen MR) is 70.4 cm³/mol. The third kappa shape index (κ3) is 2.69. The summed E-state index contributed by atoms with van der Waals surface area (Å²) < 4.78 is 0. The Balaban J connectivity index is 2.38. The Bertz CT molecular complexity index is 662. The number of hydrogen-bond acceptors (Lipinski definition) is 4. The minimum Gasteiger partial charge on any atom is -0.478 e. The molecule has 1 N–H and O–H groups in total. The fourth-order valence-electron chi connectivity index (χ4n) is 1.65. The zero-order valence-corrected chi connectivity index (χ0v) is 10.2. The molecule has 2 rings (SSSR count). The van der Waals surface area contributed by atoms with E-state index in [1.54, 1.807) is 30.1 Å². The van der Waals surface area contributed by atoms with Gasteiger partial charge in [-0.25, -0.2) is 9.78 Å². The molecule has 0 aliphatic carbocycles. The summed E-state index contributed by atoms with van der Waals surface area (Å²) in [6.45, 7) is 0. The van der Waals surface area contributed by atoms with E-state index in [1.807, 2.05) is 6.07 Å². The fraction of sp³-hybridized carbons (Fsp3) is 0.0714. The Hall–Kier alpha value is -2.87. The van der Waals surface area contributed by atoms with Crippen LogP contribution in [0.1, 0.15) is 15.9 Å². The molecule has 0 atom stereocenters. The number of aromatic nitrogens is 1. The van der Waals surface area contributed by atoms with Crippen LogP contribution in [0.15, 0.2) is 42.6 Å². The van der Waals surface area contributed by atoms with Gasteiger partial charge in [0.15, 0.2) is 0 Å². The average Bonchev–Trinajstić information content (AvgIpc) is 2.46. The van der Waals surface area contributed by atoms with Gasteiger partial charge in [0.05, 0.1) is 17.2 Å². The summed E-state index contributed by atoms with van der Waals surface area (Å²) >= 11 is 0. The maximum Gasteiger partial charge on any atom is 0.335 e. The van der Waals surface area contributed by atoms with Crippen molar-refractivity contribution in [2.45, 2.75) is 0 Å². The van der Waals surface area contributed by atoms with E-state index in [2.05, 4.69) is 11.1 Å². The van der Waals surface area contributed by atoms with E-state index in [1.165, 1.54) is 18.3 Å². The van der Waals surface area contributed by atoms with E-state index in [0.717, 1.165) is 5.69 Å². The van der Waals surface area contributed by atoms with Crippen LogP contribution < -0.4 is 4.90 Å². The summed E-state index contributed by atoms with van der Waals surface area (Å²) in [5.74, 6) is -0.488. The molecule has 1 heterocycles. The van der Waals surface area contributed by atoms with Gasteiger partial charge in [0.2, 0.25) is 0 Å². The quantitative estimate of drug-likeness (QED) is 0.908. The van der Waals surface area contributed by atoms with Crippen molar-refractivity contribution in [3.63, 3.8) is 0 Å². The van der Waals surface area contributed by atoms with Gasteiger partial charge in [-0.2, -0.15) is 5.26 Å². The van der Waals surface area contributed by atoms with Gasteiger partial charge < -0.3 is 10.0 Å². The fourth-order valence-corrected chi connectivity index (χ4v) is 1.65. The zero-order chi connectivity index (χ0) is 13.8. The second-order valence-electron chi connectivity index (χ2n) is 3.93. The van der Waals surface area contributed by atoms with E-state index < -0.39 is 5.97 Å². The highest BCUT2D eigenvalue weighted by atomic mass is 16.4. The molecular formula is C14H11N3O2. The van der Waals surface area contributed by atoms with Crippen LogP contribution in [-0.4, -0.2) is 23.1 Å². The van der Waals surface area contributed by atoms with Gasteiger partial charge in [-0.15, -0.1) is 0 Å². The number of nitriles is 1. The minimum atomic E-state index is -0.997. The Kier molecular flexibility index (Phi) is 3.44. The largest absolute Gasteiger partial charge is 0.478 e. The molecule has 0 aliphatic heterocycles. The molecular weight excluding hydrogens is 242 g/mol. The topological polar surface area (TPSA) is 77.2 Å². The zero-order valence-electron chi connectivity index (χ0n) is 10.2. The van der Waals surface area contributed by atoms with Gasteiger partial charge in [-0.1, -0.05) is 6.07 Å². The lowest BCUT2D eigenvalue weighted by Crippen LogP contribution is -2.12. The van der Waals surface area contributed by atoms with Crippen LogP contribution >= 0.6 is 0 Å². The van der Waals surface area contributed by atoms with Crippen LogP contribution in [-0.2, 0) is 0 Å². The number of rotatable bonds is 3. The molecule has 0 fully saturated rings.